The molecule has 20 heavy (non-hydrogen) atoms. The standard InChI is InChI=1S/C16H23ClN2O/c1-16(2)9-5-4-6-14(16)19-13-10-11(15(20)18-3)7-8-12(13)17/h7-8,10,14,19H,4-6,9H2,1-3H3,(H,18,20). The molecular formula is C16H23ClN2O. The Balaban J connectivity index is 2.21. The average molecular weight is 295 g/mol. The summed E-state index contributed by atoms with van der Waals surface area (Å²) >= 11 is 6.26. The van der Waals surface area contributed by atoms with Crippen LogP contribution in [0, 0.1) is 5.41 Å². The van der Waals surface area contributed by atoms with Gasteiger partial charge in [-0.05, 0) is 36.5 Å². The first-order chi connectivity index (χ1) is 9.44. The predicted molar refractivity (Wildman–Crippen MR) is 84.5 cm³/mol. The average Bonchev–Trinajstić information content (AvgIpc) is 2.42. The molecule has 0 aromatic heterocycles. The fourth-order valence-corrected chi connectivity index (χ4v) is 3.04. The normalized spacial score (nSPS) is 21.3. The van der Waals surface area contributed by atoms with Crippen LogP contribution in [0.25, 0.3) is 0 Å². The van der Waals surface area contributed by atoms with Crippen LogP contribution in [0.15, 0.2) is 18.2 Å². The first-order valence-corrected chi connectivity index (χ1v) is 7.60. The highest BCUT2D eigenvalue weighted by molar-refractivity contribution is 6.33. The molecule has 0 radical (unpaired) electrons. The Kier molecular flexibility index (Phi) is 4.59. The SMILES string of the molecule is CNC(=O)c1ccc(Cl)c(NC2CCCCC2(C)C)c1. The number of hydrogen-bond donors (Lipinski definition) is 2. The summed E-state index contributed by atoms with van der Waals surface area (Å²) in [4.78, 5) is 11.7. The van der Waals surface area contributed by atoms with E-state index in [0.29, 0.717) is 16.6 Å². The van der Waals surface area contributed by atoms with E-state index in [-0.39, 0.29) is 11.3 Å². The van der Waals surface area contributed by atoms with Gasteiger partial charge < -0.3 is 10.6 Å². The number of anilines is 1. The maximum absolute atomic E-state index is 11.7. The maximum Gasteiger partial charge on any atom is 0.251 e. The molecule has 0 heterocycles. The summed E-state index contributed by atoms with van der Waals surface area (Å²) in [6, 6.07) is 5.77. The molecule has 3 nitrogen and oxygen atoms in total. The van der Waals surface area contributed by atoms with Gasteiger partial charge >= 0.3 is 0 Å². The van der Waals surface area contributed by atoms with Crippen molar-refractivity contribution in [2.75, 3.05) is 12.4 Å². The largest absolute Gasteiger partial charge is 0.381 e. The quantitative estimate of drug-likeness (QED) is 0.882. The molecule has 1 aliphatic carbocycles. The second kappa shape index (κ2) is 6.04. The number of carbonyl (C=O) groups is 1. The Morgan fingerprint density at radius 1 is 1.35 bits per heavy atom. The zero-order valence-corrected chi connectivity index (χ0v) is 13.2. The highest BCUT2D eigenvalue weighted by Crippen LogP contribution is 2.38. The fourth-order valence-electron chi connectivity index (χ4n) is 2.87. The second-order valence-electron chi connectivity index (χ2n) is 6.21. The van der Waals surface area contributed by atoms with Crippen LogP contribution < -0.4 is 10.6 Å². The number of amides is 1. The van der Waals surface area contributed by atoms with Gasteiger partial charge in [0.15, 0.2) is 0 Å². The van der Waals surface area contributed by atoms with Gasteiger partial charge in [-0.3, -0.25) is 4.79 Å². The predicted octanol–water partition coefficient (Wildman–Crippen LogP) is 4.08. The second-order valence-corrected chi connectivity index (χ2v) is 6.61. The molecule has 1 unspecified atom stereocenters. The van der Waals surface area contributed by atoms with Crippen molar-refractivity contribution < 1.29 is 4.79 Å². The molecule has 2 rings (SSSR count). The number of halogens is 1. The van der Waals surface area contributed by atoms with Crippen molar-refractivity contribution in [3.8, 4) is 0 Å². The molecular weight excluding hydrogens is 272 g/mol. The van der Waals surface area contributed by atoms with E-state index in [0.717, 1.165) is 12.1 Å². The lowest BCUT2D eigenvalue weighted by Gasteiger charge is -2.39. The summed E-state index contributed by atoms with van der Waals surface area (Å²) in [5.41, 5.74) is 1.74. The molecule has 2 N–H and O–H groups in total. The van der Waals surface area contributed by atoms with Gasteiger partial charge in [-0.2, -0.15) is 0 Å². The molecule has 1 aliphatic rings. The summed E-state index contributed by atoms with van der Waals surface area (Å²) in [6.45, 7) is 4.58. The molecule has 1 atom stereocenters. The Bertz CT molecular complexity index is 499. The van der Waals surface area contributed by atoms with Crippen molar-refractivity contribution in [3.05, 3.63) is 28.8 Å². The third kappa shape index (κ3) is 3.26. The van der Waals surface area contributed by atoms with Crippen molar-refractivity contribution >= 4 is 23.2 Å². The topological polar surface area (TPSA) is 41.1 Å². The van der Waals surface area contributed by atoms with Gasteiger partial charge in [-0.1, -0.05) is 38.3 Å². The lowest BCUT2D eigenvalue weighted by Crippen LogP contribution is -2.39. The van der Waals surface area contributed by atoms with Crippen LogP contribution >= 0.6 is 11.6 Å². The van der Waals surface area contributed by atoms with Crippen molar-refractivity contribution in [1.29, 1.82) is 0 Å². The van der Waals surface area contributed by atoms with Gasteiger partial charge in [-0.15, -0.1) is 0 Å². The summed E-state index contributed by atoms with van der Waals surface area (Å²) in [5, 5.41) is 6.85. The number of nitrogens with one attached hydrogen (secondary N) is 2. The number of rotatable bonds is 3. The van der Waals surface area contributed by atoms with Crippen molar-refractivity contribution in [2.45, 2.75) is 45.6 Å². The van der Waals surface area contributed by atoms with Gasteiger partial charge in [0.25, 0.3) is 5.91 Å². The fraction of sp³-hybridized carbons (Fsp3) is 0.562. The first-order valence-electron chi connectivity index (χ1n) is 7.22. The minimum atomic E-state index is -0.0902. The number of benzene rings is 1. The van der Waals surface area contributed by atoms with Crippen LogP contribution in [0.3, 0.4) is 0 Å². The van der Waals surface area contributed by atoms with Crippen LogP contribution in [-0.4, -0.2) is 19.0 Å². The van der Waals surface area contributed by atoms with E-state index in [1.807, 2.05) is 6.07 Å². The molecule has 0 saturated heterocycles. The van der Waals surface area contributed by atoms with Gasteiger partial charge in [0.2, 0.25) is 0 Å². The van der Waals surface area contributed by atoms with Gasteiger partial charge in [0, 0.05) is 18.7 Å². The Labute approximate surface area is 126 Å². The number of hydrogen-bond acceptors (Lipinski definition) is 2. The van der Waals surface area contributed by atoms with Crippen LogP contribution in [0.2, 0.25) is 5.02 Å². The third-order valence-corrected chi connectivity index (χ3v) is 4.62. The molecule has 0 bridgehead atoms. The van der Waals surface area contributed by atoms with Gasteiger partial charge in [0.05, 0.1) is 10.7 Å². The number of carbonyl (C=O) groups excluding carboxylic acids is 1. The van der Waals surface area contributed by atoms with Crippen molar-refractivity contribution in [2.24, 2.45) is 5.41 Å². The molecule has 1 aromatic carbocycles. The molecule has 110 valence electrons. The Hall–Kier alpha value is -1.22. The van der Waals surface area contributed by atoms with Crippen LogP contribution in [0.5, 0.6) is 0 Å². The molecule has 0 aliphatic heterocycles. The highest BCUT2D eigenvalue weighted by Gasteiger charge is 2.32. The first kappa shape index (κ1) is 15.2. The monoisotopic (exact) mass is 294 g/mol. The molecule has 1 saturated carbocycles. The Morgan fingerprint density at radius 2 is 2.10 bits per heavy atom. The minimum absolute atomic E-state index is 0.0902. The molecule has 1 aromatic rings. The van der Waals surface area contributed by atoms with Crippen LogP contribution in [0.4, 0.5) is 5.69 Å². The summed E-state index contributed by atoms with van der Waals surface area (Å²) in [6.07, 6.45) is 4.90. The van der Waals surface area contributed by atoms with E-state index >= 15 is 0 Å². The van der Waals surface area contributed by atoms with E-state index < -0.39 is 0 Å². The minimum Gasteiger partial charge on any atom is -0.381 e. The van der Waals surface area contributed by atoms with Crippen LogP contribution in [0.1, 0.15) is 49.9 Å². The highest BCUT2D eigenvalue weighted by atomic mass is 35.5. The van der Waals surface area contributed by atoms with E-state index in [2.05, 4.69) is 24.5 Å². The summed E-state index contributed by atoms with van der Waals surface area (Å²) < 4.78 is 0. The summed E-state index contributed by atoms with van der Waals surface area (Å²) in [5.74, 6) is -0.0902. The lowest BCUT2D eigenvalue weighted by molar-refractivity contribution is 0.0963. The van der Waals surface area contributed by atoms with Gasteiger partial charge in [-0.25, -0.2) is 0 Å². The van der Waals surface area contributed by atoms with Crippen LogP contribution in [-0.2, 0) is 0 Å². The Morgan fingerprint density at radius 3 is 2.75 bits per heavy atom. The zero-order valence-electron chi connectivity index (χ0n) is 12.4. The molecule has 1 amide bonds. The smallest absolute Gasteiger partial charge is 0.251 e. The van der Waals surface area contributed by atoms with Crippen molar-refractivity contribution in [3.63, 3.8) is 0 Å². The summed E-state index contributed by atoms with van der Waals surface area (Å²) in [7, 11) is 1.63. The molecule has 4 heteroatoms. The maximum atomic E-state index is 11.7. The van der Waals surface area contributed by atoms with E-state index in [1.165, 1.54) is 19.3 Å². The van der Waals surface area contributed by atoms with Crippen molar-refractivity contribution in [1.82, 2.24) is 5.32 Å². The van der Waals surface area contributed by atoms with E-state index in [4.69, 9.17) is 11.6 Å². The van der Waals surface area contributed by atoms with Gasteiger partial charge in [0.1, 0.15) is 0 Å². The third-order valence-electron chi connectivity index (χ3n) is 4.29. The zero-order chi connectivity index (χ0) is 14.8. The van der Waals surface area contributed by atoms with E-state index in [1.54, 1.807) is 19.2 Å². The van der Waals surface area contributed by atoms with E-state index in [9.17, 15) is 4.79 Å². The lowest BCUT2D eigenvalue weighted by atomic mass is 9.73. The molecule has 1 fully saturated rings. The molecule has 0 spiro atoms.